The minimum Gasteiger partial charge on any atom is -0.504 e. The number of phenols is 1. The molecule has 1 aromatic carbocycles. The van der Waals surface area contributed by atoms with E-state index in [1.807, 2.05) is 6.92 Å². The number of aryl methyl sites for hydroxylation is 1. The lowest BCUT2D eigenvalue weighted by Crippen LogP contribution is -1.95. The zero-order chi connectivity index (χ0) is 10.6. The van der Waals surface area contributed by atoms with Crippen LogP contribution < -0.4 is 4.74 Å². The van der Waals surface area contributed by atoms with Crippen molar-refractivity contribution < 1.29 is 14.6 Å². The highest BCUT2D eigenvalue weighted by Crippen LogP contribution is 2.30. The molecule has 0 aliphatic heterocycles. The van der Waals surface area contributed by atoms with Gasteiger partial charge in [-0.05, 0) is 24.6 Å². The van der Waals surface area contributed by atoms with Gasteiger partial charge >= 0.3 is 0 Å². The second kappa shape index (κ2) is 4.46. The summed E-state index contributed by atoms with van der Waals surface area (Å²) < 4.78 is 5.18. The van der Waals surface area contributed by atoms with Crippen molar-refractivity contribution in [2.75, 3.05) is 6.61 Å². The van der Waals surface area contributed by atoms with Gasteiger partial charge in [0, 0.05) is 0 Å². The Morgan fingerprint density at radius 3 is 2.86 bits per heavy atom. The lowest BCUT2D eigenvalue weighted by atomic mass is 10.1. The minimum atomic E-state index is -0.118. The third-order valence-corrected chi connectivity index (χ3v) is 1.73. The van der Waals surface area contributed by atoms with E-state index in [1.54, 1.807) is 18.2 Å². The Hall–Kier alpha value is -1.77. The van der Waals surface area contributed by atoms with E-state index in [1.165, 1.54) is 0 Å². The molecule has 3 heteroatoms. The third-order valence-electron chi connectivity index (χ3n) is 1.73. The first kappa shape index (κ1) is 10.3. The molecular weight excluding hydrogens is 180 g/mol. The molecule has 0 radical (unpaired) electrons. The van der Waals surface area contributed by atoms with Crippen molar-refractivity contribution in [1.82, 2.24) is 0 Å². The summed E-state index contributed by atoms with van der Waals surface area (Å²) in [7, 11) is 0. The van der Waals surface area contributed by atoms with Gasteiger partial charge in [-0.3, -0.25) is 4.79 Å². The average molecular weight is 192 g/mol. The van der Waals surface area contributed by atoms with E-state index in [0.717, 1.165) is 5.56 Å². The van der Waals surface area contributed by atoms with Crippen molar-refractivity contribution in [3.8, 4) is 11.5 Å². The van der Waals surface area contributed by atoms with Crippen LogP contribution in [-0.4, -0.2) is 18.0 Å². The van der Waals surface area contributed by atoms with Crippen LogP contribution in [0.1, 0.15) is 15.9 Å². The summed E-state index contributed by atoms with van der Waals surface area (Å²) in [5.41, 5.74) is 1.10. The molecule has 0 spiro atoms. The Kier molecular flexibility index (Phi) is 3.29. The van der Waals surface area contributed by atoms with E-state index < -0.39 is 0 Å². The SMILES string of the molecule is C=CCOc1cc(C)cc(C=O)c1O. The van der Waals surface area contributed by atoms with Gasteiger partial charge in [0.15, 0.2) is 17.8 Å². The van der Waals surface area contributed by atoms with E-state index in [4.69, 9.17) is 4.74 Å². The van der Waals surface area contributed by atoms with Crippen LogP contribution in [0.25, 0.3) is 0 Å². The van der Waals surface area contributed by atoms with E-state index in [9.17, 15) is 9.90 Å². The monoisotopic (exact) mass is 192 g/mol. The molecule has 1 rings (SSSR count). The van der Waals surface area contributed by atoms with Crippen LogP contribution in [0.4, 0.5) is 0 Å². The zero-order valence-electron chi connectivity index (χ0n) is 7.99. The highest BCUT2D eigenvalue weighted by Gasteiger charge is 2.08. The number of hydrogen-bond donors (Lipinski definition) is 1. The van der Waals surface area contributed by atoms with Crippen molar-refractivity contribution >= 4 is 6.29 Å². The summed E-state index contributed by atoms with van der Waals surface area (Å²) in [6, 6.07) is 3.27. The van der Waals surface area contributed by atoms with Crippen molar-refractivity contribution in [1.29, 1.82) is 0 Å². The predicted octanol–water partition coefficient (Wildman–Crippen LogP) is 2.08. The minimum absolute atomic E-state index is 0.118. The fourth-order valence-electron chi connectivity index (χ4n) is 1.12. The maximum atomic E-state index is 10.6. The van der Waals surface area contributed by atoms with Gasteiger partial charge in [-0.2, -0.15) is 0 Å². The number of ether oxygens (including phenoxy) is 1. The molecular formula is C11H12O3. The Morgan fingerprint density at radius 2 is 2.29 bits per heavy atom. The van der Waals surface area contributed by atoms with Crippen LogP contribution in [0.2, 0.25) is 0 Å². The molecule has 3 nitrogen and oxygen atoms in total. The van der Waals surface area contributed by atoms with Crippen LogP contribution in [-0.2, 0) is 0 Å². The molecule has 0 saturated carbocycles. The van der Waals surface area contributed by atoms with Crippen LogP contribution in [0.3, 0.4) is 0 Å². The maximum absolute atomic E-state index is 10.6. The van der Waals surface area contributed by atoms with Crippen molar-refractivity contribution in [3.05, 3.63) is 35.9 Å². The molecule has 14 heavy (non-hydrogen) atoms. The number of benzene rings is 1. The molecule has 0 aliphatic carbocycles. The smallest absolute Gasteiger partial charge is 0.168 e. The molecule has 0 saturated heterocycles. The summed E-state index contributed by atoms with van der Waals surface area (Å²) in [5.74, 6) is 0.194. The van der Waals surface area contributed by atoms with Gasteiger partial charge in [0.25, 0.3) is 0 Å². The number of phenolic OH excluding ortho intramolecular Hbond substituents is 1. The average Bonchev–Trinajstić information content (AvgIpc) is 2.18. The van der Waals surface area contributed by atoms with Crippen molar-refractivity contribution in [2.45, 2.75) is 6.92 Å². The molecule has 0 unspecified atom stereocenters. The van der Waals surface area contributed by atoms with Crippen molar-refractivity contribution in [3.63, 3.8) is 0 Å². The van der Waals surface area contributed by atoms with Gasteiger partial charge in [-0.15, -0.1) is 0 Å². The lowest BCUT2D eigenvalue weighted by Gasteiger charge is -2.08. The summed E-state index contributed by atoms with van der Waals surface area (Å²) >= 11 is 0. The molecule has 0 amide bonds. The molecule has 0 bridgehead atoms. The number of aromatic hydroxyl groups is 1. The molecule has 0 fully saturated rings. The van der Waals surface area contributed by atoms with Gasteiger partial charge in [0.05, 0.1) is 5.56 Å². The normalized spacial score (nSPS) is 9.50. The number of aldehydes is 1. The molecule has 0 aromatic heterocycles. The van der Waals surface area contributed by atoms with Crippen LogP contribution in [0.15, 0.2) is 24.8 Å². The molecule has 0 aliphatic rings. The molecule has 1 aromatic rings. The third kappa shape index (κ3) is 2.13. The number of rotatable bonds is 4. The van der Waals surface area contributed by atoms with Gasteiger partial charge in [0.1, 0.15) is 6.61 Å². The fourth-order valence-corrected chi connectivity index (χ4v) is 1.12. The first-order valence-electron chi connectivity index (χ1n) is 4.21. The van der Waals surface area contributed by atoms with E-state index >= 15 is 0 Å². The topological polar surface area (TPSA) is 46.5 Å². The summed E-state index contributed by atoms with van der Waals surface area (Å²) in [4.78, 5) is 10.6. The predicted molar refractivity (Wildman–Crippen MR) is 53.9 cm³/mol. The van der Waals surface area contributed by atoms with Crippen LogP contribution in [0, 0.1) is 6.92 Å². The largest absolute Gasteiger partial charge is 0.504 e. The standard InChI is InChI=1S/C11H12O3/c1-3-4-14-10-6-8(2)5-9(7-12)11(10)13/h3,5-7,13H,1,4H2,2H3. The number of carbonyl (C=O) groups is 1. The van der Waals surface area contributed by atoms with Gasteiger partial charge in [-0.1, -0.05) is 12.7 Å². The molecule has 0 atom stereocenters. The Bertz CT molecular complexity index is 356. The first-order chi connectivity index (χ1) is 6.69. The van der Waals surface area contributed by atoms with E-state index in [-0.39, 0.29) is 11.3 Å². The van der Waals surface area contributed by atoms with Crippen LogP contribution in [0.5, 0.6) is 11.5 Å². The molecule has 1 N–H and O–H groups in total. The van der Waals surface area contributed by atoms with Crippen molar-refractivity contribution in [2.24, 2.45) is 0 Å². The summed E-state index contributed by atoms with van der Waals surface area (Å²) in [5, 5.41) is 9.55. The lowest BCUT2D eigenvalue weighted by molar-refractivity contribution is 0.112. The van der Waals surface area contributed by atoms with E-state index in [2.05, 4.69) is 6.58 Å². The van der Waals surface area contributed by atoms with Crippen LogP contribution >= 0.6 is 0 Å². The second-order valence-corrected chi connectivity index (χ2v) is 2.92. The summed E-state index contributed by atoms with van der Waals surface area (Å²) in [6.45, 7) is 5.62. The number of hydrogen-bond acceptors (Lipinski definition) is 3. The Labute approximate surface area is 82.6 Å². The van der Waals surface area contributed by atoms with Gasteiger partial charge < -0.3 is 9.84 Å². The van der Waals surface area contributed by atoms with Gasteiger partial charge in [-0.25, -0.2) is 0 Å². The molecule has 74 valence electrons. The number of carbonyl (C=O) groups excluding carboxylic acids is 1. The Balaban J connectivity index is 3.08. The fraction of sp³-hybridized carbons (Fsp3) is 0.182. The highest BCUT2D eigenvalue weighted by atomic mass is 16.5. The highest BCUT2D eigenvalue weighted by molar-refractivity contribution is 5.81. The maximum Gasteiger partial charge on any atom is 0.168 e. The summed E-state index contributed by atoms with van der Waals surface area (Å²) in [6.07, 6.45) is 2.17. The Morgan fingerprint density at radius 1 is 1.57 bits per heavy atom. The van der Waals surface area contributed by atoms with E-state index in [0.29, 0.717) is 18.6 Å². The second-order valence-electron chi connectivity index (χ2n) is 2.92. The quantitative estimate of drug-likeness (QED) is 0.586. The first-order valence-corrected chi connectivity index (χ1v) is 4.21. The molecule has 0 heterocycles. The zero-order valence-corrected chi connectivity index (χ0v) is 7.99. The van der Waals surface area contributed by atoms with Gasteiger partial charge in [0.2, 0.25) is 0 Å².